The second-order valence-corrected chi connectivity index (χ2v) is 9.76. The van der Waals surface area contributed by atoms with Gasteiger partial charge < -0.3 is 19.3 Å². The Bertz CT molecular complexity index is 1150. The van der Waals surface area contributed by atoms with Gasteiger partial charge in [-0.05, 0) is 30.2 Å². The monoisotopic (exact) mass is 456 g/mol. The number of carbonyl (C=O) groups is 1. The molecule has 0 unspecified atom stereocenters. The third kappa shape index (κ3) is 4.78. The molecule has 1 fully saturated rings. The van der Waals surface area contributed by atoms with Crippen LogP contribution in [0.25, 0.3) is 0 Å². The van der Waals surface area contributed by atoms with Gasteiger partial charge in [0.05, 0.1) is 4.90 Å². The number of likely N-dealkylation sites (tertiary alicyclic amines) is 1. The lowest BCUT2D eigenvalue weighted by molar-refractivity contribution is 0.0723. The van der Waals surface area contributed by atoms with Gasteiger partial charge in [-0.2, -0.15) is 0 Å². The first-order valence-corrected chi connectivity index (χ1v) is 12.2. The standard InChI is InChI=1S/C22H24N4O5S/c1-3-12-30-22(27)25-9-7-17(8-10-25)31-21-14-20(23-15-24-21)26-11-6-16-13-18(32(2,28)29)4-5-19(16)26/h1,4-5,13-15,17H,6-12H2,2H3. The normalized spacial score (nSPS) is 16.4. The zero-order valence-electron chi connectivity index (χ0n) is 17.7. The molecule has 1 saturated heterocycles. The third-order valence-corrected chi connectivity index (χ3v) is 6.66. The molecule has 0 N–H and O–H groups in total. The van der Waals surface area contributed by atoms with Crippen molar-refractivity contribution in [3.63, 3.8) is 0 Å². The van der Waals surface area contributed by atoms with E-state index in [0.29, 0.717) is 49.1 Å². The number of fused-ring (bicyclic) bond motifs is 1. The van der Waals surface area contributed by atoms with E-state index in [1.807, 2.05) is 11.0 Å². The number of nitrogens with zero attached hydrogens (tertiary/aromatic N) is 4. The highest BCUT2D eigenvalue weighted by Crippen LogP contribution is 2.35. The number of ether oxygens (including phenoxy) is 2. The molecule has 1 aromatic carbocycles. The van der Waals surface area contributed by atoms with Crippen LogP contribution < -0.4 is 9.64 Å². The van der Waals surface area contributed by atoms with Crippen LogP contribution in [0.1, 0.15) is 18.4 Å². The van der Waals surface area contributed by atoms with Crippen molar-refractivity contribution in [3.05, 3.63) is 36.2 Å². The fourth-order valence-electron chi connectivity index (χ4n) is 3.91. The number of terminal acetylenes is 1. The molecule has 1 aromatic heterocycles. The highest BCUT2D eigenvalue weighted by molar-refractivity contribution is 7.90. The Morgan fingerprint density at radius 1 is 1.22 bits per heavy atom. The van der Waals surface area contributed by atoms with Crippen LogP contribution in [0.2, 0.25) is 0 Å². The van der Waals surface area contributed by atoms with Gasteiger partial charge >= 0.3 is 6.09 Å². The fourth-order valence-corrected chi connectivity index (χ4v) is 4.58. The number of hydrogen-bond donors (Lipinski definition) is 0. The third-order valence-electron chi connectivity index (χ3n) is 5.55. The molecular weight excluding hydrogens is 432 g/mol. The van der Waals surface area contributed by atoms with Crippen LogP contribution >= 0.6 is 0 Å². The minimum absolute atomic E-state index is 0.0336. The van der Waals surface area contributed by atoms with E-state index in [-0.39, 0.29) is 12.7 Å². The summed E-state index contributed by atoms with van der Waals surface area (Å²) in [6, 6.07) is 6.95. The Labute approximate surface area is 187 Å². The minimum Gasteiger partial charge on any atom is -0.474 e. The molecule has 1 amide bonds. The summed E-state index contributed by atoms with van der Waals surface area (Å²) in [5, 5.41) is 0. The number of rotatable bonds is 5. The van der Waals surface area contributed by atoms with Crippen molar-refractivity contribution in [2.45, 2.75) is 30.3 Å². The van der Waals surface area contributed by atoms with E-state index in [1.54, 1.807) is 23.1 Å². The molecule has 0 spiro atoms. The van der Waals surface area contributed by atoms with Gasteiger partial charge in [-0.15, -0.1) is 6.42 Å². The molecule has 10 heteroatoms. The van der Waals surface area contributed by atoms with E-state index in [4.69, 9.17) is 15.9 Å². The summed E-state index contributed by atoms with van der Waals surface area (Å²) in [5.41, 5.74) is 1.90. The largest absolute Gasteiger partial charge is 0.474 e. The maximum atomic E-state index is 11.9. The molecule has 0 bridgehead atoms. The predicted molar refractivity (Wildman–Crippen MR) is 118 cm³/mol. The summed E-state index contributed by atoms with van der Waals surface area (Å²) in [6.45, 7) is 1.70. The van der Waals surface area contributed by atoms with E-state index >= 15 is 0 Å². The average molecular weight is 457 g/mol. The zero-order chi connectivity index (χ0) is 22.7. The van der Waals surface area contributed by atoms with E-state index in [2.05, 4.69) is 15.9 Å². The van der Waals surface area contributed by atoms with Crippen LogP contribution in [-0.4, -0.2) is 68.0 Å². The Balaban J connectivity index is 1.41. The maximum absolute atomic E-state index is 11.9. The van der Waals surface area contributed by atoms with Crippen LogP contribution in [0, 0.1) is 12.3 Å². The first kappa shape index (κ1) is 21.9. The van der Waals surface area contributed by atoms with Crippen LogP contribution in [0.15, 0.2) is 35.5 Å². The summed E-state index contributed by atoms with van der Waals surface area (Å²) in [5.74, 6) is 3.44. The van der Waals surface area contributed by atoms with Crippen LogP contribution in [-0.2, 0) is 21.0 Å². The van der Waals surface area contributed by atoms with E-state index in [0.717, 1.165) is 17.7 Å². The number of carbonyl (C=O) groups excluding carboxylic acids is 1. The lowest BCUT2D eigenvalue weighted by atomic mass is 10.1. The minimum atomic E-state index is -3.25. The fraction of sp³-hybridized carbons (Fsp3) is 0.409. The van der Waals surface area contributed by atoms with E-state index in [1.165, 1.54) is 12.6 Å². The Kier molecular flexibility index (Phi) is 6.19. The van der Waals surface area contributed by atoms with E-state index < -0.39 is 15.9 Å². The van der Waals surface area contributed by atoms with Gasteiger partial charge in [0.15, 0.2) is 16.4 Å². The van der Waals surface area contributed by atoms with Crippen LogP contribution in [0.3, 0.4) is 0 Å². The van der Waals surface area contributed by atoms with Crippen molar-refractivity contribution in [2.75, 3.05) is 37.4 Å². The Hall–Kier alpha value is -3.32. The first-order valence-electron chi connectivity index (χ1n) is 10.3. The zero-order valence-corrected chi connectivity index (χ0v) is 18.5. The molecule has 0 saturated carbocycles. The van der Waals surface area contributed by atoms with Crippen molar-refractivity contribution in [1.29, 1.82) is 0 Å². The predicted octanol–water partition coefficient (Wildman–Crippen LogP) is 2.19. The molecule has 32 heavy (non-hydrogen) atoms. The highest BCUT2D eigenvalue weighted by Gasteiger charge is 2.26. The van der Waals surface area contributed by atoms with Gasteiger partial charge in [-0.3, -0.25) is 0 Å². The average Bonchev–Trinajstić information content (AvgIpc) is 3.21. The maximum Gasteiger partial charge on any atom is 0.410 e. The molecule has 2 aliphatic rings. The summed E-state index contributed by atoms with van der Waals surface area (Å²) < 4.78 is 34.7. The number of anilines is 2. The quantitative estimate of drug-likeness (QED) is 0.631. The van der Waals surface area contributed by atoms with Crippen molar-refractivity contribution in [1.82, 2.24) is 14.9 Å². The highest BCUT2D eigenvalue weighted by atomic mass is 32.2. The molecular formula is C22H24N4O5S. The van der Waals surface area contributed by atoms with E-state index in [9.17, 15) is 13.2 Å². The van der Waals surface area contributed by atoms with Crippen LogP contribution in [0.4, 0.5) is 16.3 Å². The molecule has 0 atom stereocenters. The molecule has 0 aliphatic carbocycles. The van der Waals surface area contributed by atoms with Gasteiger partial charge in [0.1, 0.15) is 18.2 Å². The van der Waals surface area contributed by atoms with Gasteiger partial charge in [-0.1, -0.05) is 5.92 Å². The van der Waals surface area contributed by atoms with Crippen molar-refractivity contribution in [3.8, 4) is 18.2 Å². The first-order chi connectivity index (χ1) is 15.3. The molecule has 0 radical (unpaired) electrons. The van der Waals surface area contributed by atoms with Crippen molar-refractivity contribution < 1.29 is 22.7 Å². The number of amides is 1. The van der Waals surface area contributed by atoms with Crippen molar-refractivity contribution in [2.24, 2.45) is 0 Å². The van der Waals surface area contributed by atoms with Crippen molar-refractivity contribution >= 4 is 27.4 Å². The molecule has 168 valence electrons. The number of aromatic nitrogens is 2. The van der Waals surface area contributed by atoms with Gasteiger partial charge in [0.25, 0.3) is 0 Å². The lowest BCUT2D eigenvalue weighted by Crippen LogP contribution is -2.42. The SMILES string of the molecule is C#CCOC(=O)N1CCC(Oc2cc(N3CCc4cc(S(C)(=O)=O)ccc43)ncn2)CC1. The molecule has 3 heterocycles. The smallest absolute Gasteiger partial charge is 0.410 e. The molecule has 4 rings (SSSR count). The second-order valence-electron chi connectivity index (χ2n) is 7.74. The number of sulfone groups is 1. The summed E-state index contributed by atoms with van der Waals surface area (Å²) in [6.07, 6.45) is 9.35. The topological polar surface area (TPSA) is 102 Å². The van der Waals surface area contributed by atoms with Gasteiger partial charge in [0.2, 0.25) is 5.88 Å². The number of benzene rings is 1. The Morgan fingerprint density at radius 3 is 2.72 bits per heavy atom. The summed E-state index contributed by atoms with van der Waals surface area (Å²) >= 11 is 0. The number of hydrogen-bond acceptors (Lipinski definition) is 8. The number of piperidine rings is 1. The molecule has 2 aliphatic heterocycles. The van der Waals surface area contributed by atoms with Gasteiger partial charge in [-0.25, -0.2) is 23.2 Å². The molecule has 2 aromatic rings. The van der Waals surface area contributed by atoms with Gasteiger partial charge in [0, 0.05) is 50.5 Å². The Morgan fingerprint density at radius 2 is 2.00 bits per heavy atom. The van der Waals surface area contributed by atoms with Crippen LogP contribution in [0.5, 0.6) is 5.88 Å². The summed E-state index contributed by atoms with van der Waals surface area (Å²) in [7, 11) is -3.25. The lowest BCUT2D eigenvalue weighted by Gasteiger charge is -2.31. The second kappa shape index (κ2) is 9.04. The molecule has 9 nitrogen and oxygen atoms in total. The summed E-state index contributed by atoms with van der Waals surface area (Å²) in [4.78, 5) is 24.5.